The van der Waals surface area contributed by atoms with Gasteiger partial charge in [0.05, 0.1) is 19.5 Å². The molecular formula is C17H19N4O7P. The number of aliphatic hydroxyl groups excluding tert-OH is 3. The number of aromatic nitrogens is 4. The highest BCUT2D eigenvalue weighted by atomic mass is 31.2. The first-order chi connectivity index (χ1) is 13.9. The lowest BCUT2D eigenvalue weighted by Crippen LogP contribution is -2.33. The Bertz CT molecular complexity index is 1050. The summed E-state index contributed by atoms with van der Waals surface area (Å²) in [6.07, 6.45) is -2.39. The average molecular weight is 422 g/mol. The molecule has 4 N–H and O–H groups in total. The first-order valence-electron chi connectivity index (χ1n) is 8.74. The lowest BCUT2D eigenvalue weighted by molar-refractivity contribution is -0.0511. The van der Waals surface area contributed by atoms with Crippen LogP contribution in [0.1, 0.15) is 11.8 Å². The van der Waals surface area contributed by atoms with Crippen LogP contribution in [0.5, 0.6) is 0 Å². The van der Waals surface area contributed by atoms with E-state index in [4.69, 9.17) is 9.26 Å². The fourth-order valence-corrected chi connectivity index (χ4v) is 4.21. The summed E-state index contributed by atoms with van der Waals surface area (Å²) in [6, 6.07) is 8.90. The maximum absolute atomic E-state index is 12.8. The maximum atomic E-state index is 12.8. The molecule has 1 unspecified atom stereocenters. The Morgan fingerprint density at radius 2 is 1.90 bits per heavy atom. The van der Waals surface area contributed by atoms with Crippen LogP contribution < -0.4 is 5.44 Å². The molecule has 0 spiro atoms. The summed E-state index contributed by atoms with van der Waals surface area (Å²) in [7, 11) is -4.34. The Balaban J connectivity index is 1.65. The zero-order valence-electron chi connectivity index (χ0n) is 15.0. The highest BCUT2D eigenvalue weighted by Crippen LogP contribution is 2.42. The molecule has 3 aromatic rings. The Morgan fingerprint density at radius 3 is 2.59 bits per heavy atom. The van der Waals surface area contributed by atoms with Gasteiger partial charge in [-0.1, -0.05) is 30.3 Å². The standard InChI is InChI=1S/C17H19N4O7P/c22-6-11-13(23)14(24)17(28-11)21-9-20-12-15(21)18-8-19-16(12)29(25,26)27-7-10-4-2-1-3-5-10/h1-5,8-9,11,13-14,17,22-24H,6-7H2,(H,25,26)/t11-,13-,14-,17-/m1/s1. The maximum Gasteiger partial charge on any atom is 0.379 e. The minimum atomic E-state index is -4.34. The molecule has 1 fully saturated rings. The molecule has 5 atom stereocenters. The van der Waals surface area contributed by atoms with Crippen LogP contribution in [0.4, 0.5) is 0 Å². The van der Waals surface area contributed by atoms with Crippen molar-refractivity contribution >= 4 is 24.2 Å². The van der Waals surface area contributed by atoms with Crippen molar-refractivity contribution in [1.29, 1.82) is 0 Å². The number of hydrogen-bond donors (Lipinski definition) is 4. The highest BCUT2D eigenvalue weighted by Gasteiger charge is 2.44. The fraction of sp³-hybridized carbons (Fsp3) is 0.353. The molecule has 154 valence electrons. The Hall–Kier alpha value is -2.24. The second kappa shape index (κ2) is 7.88. The summed E-state index contributed by atoms with van der Waals surface area (Å²) >= 11 is 0. The van der Waals surface area contributed by atoms with Crippen LogP contribution >= 0.6 is 7.60 Å². The normalized spacial score (nSPS) is 26.6. The third kappa shape index (κ3) is 3.69. The molecule has 0 amide bonds. The summed E-state index contributed by atoms with van der Waals surface area (Å²) in [5.74, 6) is 0. The van der Waals surface area contributed by atoms with Crippen molar-refractivity contribution in [3.8, 4) is 0 Å². The molecule has 0 bridgehead atoms. The molecule has 1 saturated heterocycles. The lowest BCUT2D eigenvalue weighted by atomic mass is 10.1. The molecular weight excluding hydrogens is 403 g/mol. The third-order valence-electron chi connectivity index (χ3n) is 4.65. The first-order valence-corrected chi connectivity index (χ1v) is 10.3. The Morgan fingerprint density at radius 1 is 1.14 bits per heavy atom. The number of imidazole rings is 1. The van der Waals surface area contributed by atoms with Crippen LogP contribution in [-0.4, -0.2) is 64.7 Å². The van der Waals surface area contributed by atoms with E-state index in [1.165, 1.54) is 10.9 Å². The van der Waals surface area contributed by atoms with Gasteiger partial charge in [0, 0.05) is 0 Å². The zero-order valence-corrected chi connectivity index (χ0v) is 15.9. The van der Waals surface area contributed by atoms with Crippen LogP contribution in [0.2, 0.25) is 0 Å². The molecule has 0 aliphatic carbocycles. The van der Waals surface area contributed by atoms with E-state index in [0.717, 1.165) is 6.33 Å². The summed E-state index contributed by atoms with van der Waals surface area (Å²) in [6.45, 7) is -0.587. The van der Waals surface area contributed by atoms with E-state index >= 15 is 0 Å². The van der Waals surface area contributed by atoms with Crippen molar-refractivity contribution in [3.63, 3.8) is 0 Å². The topological polar surface area (TPSA) is 160 Å². The SMILES string of the molecule is O=P(O)(OCc1ccccc1)c1ncnc2c1ncn2[C@@H]1O[C@H](CO)[C@@H](O)[C@H]1O. The Labute approximate surface area is 164 Å². The second-order valence-electron chi connectivity index (χ2n) is 6.53. The smallest absolute Gasteiger partial charge is 0.379 e. The van der Waals surface area contributed by atoms with Gasteiger partial charge in [-0.05, 0) is 5.56 Å². The largest absolute Gasteiger partial charge is 0.394 e. The lowest BCUT2D eigenvalue weighted by Gasteiger charge is -2.16. The van der Waals surface area contributed by atoms with Gasteiger partial charge >= 0.3 is 7.60 Å². The molecule has 1 aliphatic rings. The number of hydrogen-bond acceptors (Lipinski definition) is 9. The number of fused-ring (bicyclic) bond motifs is 1. The van der Waals surface area contributed by atoms with E-state index in [9.17, 15) is 24.8 Å². The summed E-state index contributed by atoms with van der Waals surface area (Å²) in [5, 5.41) is 29.4. The minimum absolute atomic E-state index is 0.00383. The monoisotopic (exact) mass is 422 g/mol. The van der Waals surface area contributed by atoms with Gasteiger partial charge in [-0.25, -0.2) is 15.0 Å². The summed E-state index contributed by atoms with van der Waals surface area (Å²) < 4.78 is 24.8. The van der Waals surface area contributed by atoms with Gasteiger partial charge < -0.3 is 24.9 Å². The van der Waals surface area contributed by atoms with E-state index in [1.54, 1.807) is 24.3 Å². The van der Waals surface area contributed by atoms with Crippen molar-refractivity contribution in [2.24, 2.45) is 0 Å². The van der Waals surface area contributed by atoms with E-state index in [-0.39, 0.29) is 23.2 Å². The number of ether oxygens (including phenoxy) is 1. The number of nitrogens with zero attached hydrogens (tertiary/aromatic N) is 4. The van der Waals surface area contributed by atoms with E-state index in [1.807, 2.05) is 6.07 Å². The van der Waals surface area contributed by atoms with Crippen LogP contribution in [-0.2, 0) is 20.4 Å². The van der Waals surface area contributed by atoms with Gasteiger partial charge in [-0.2, -0.15) is 0 Å². The highest BCUT2D eigenvalue weighted by molar-refractivity contribution is 7.61. The molecule has 2 aromatic heterocycles. The molecule has 11 nitrogen and oxygen atoms in total. The van der Waals surface area contributed by atoms with Crippen molar-refractivity contribution in [1.82, 2.24) is 19.5 Å². The van der Waals surface area contributed by atoms with Crippen molar-refractivity contribution in [3.05, 3.63) is 48.5 Å². The molecule has 4 rings (SSSR count). The summed E-state index contributed by atoms with van der Waals surface area (Å²) in [5.41, 5.74) is 0.541. The molecule has 12 heteroatoms. The molecule has 3 heterocycles. The molecule has 1 aromatic carbocycles. The molecule has 0 radical (unpaired) electrons. The number of rotatable bonds is 6. The summed E-state index contributed by atoms with van der Waals surface area (Å²) in [4.78, 5) is 22.5. The molecule has 1 aliphatic heterocycles. The predicted octanol–water partition coefficient (Wildman–Crippen LogP) is -0.535. The van der Waals surface area contributed by atoms with Crippen molar-refractivity contribution in [2.75, 3.05) is 6.61 Å². The van der Waals surface area contributed by atoms with Crippen LogP contribution in [0.15, 0.2) is 43.0 Å². The van der Waals surface area contributed by atoms with Gasteiger partial charge in [-0.15, -0.1) is 0 Å². The molecule has 29 heavy (non-hydrogen) atoms. The first kappa shape index (κ1) is 20.0. The zero-order chi connectivity index (χ0) is 20.6. The predicted molar refractivity (Wildman–Crippen MR) is 99.0 cm³/mol. The van der Waals surface area contributed by atoms with Crippen LogP contribution in [0, 0.1) is 0 Å². The van der Waals surface area contributed by atoms with Crippen molar-refractivity contribution in [2.45, 2.75) is 31.1 Å². The quantitative estimate of drug-likeness (QED) is 0.380. The Kier molecular flexibility index (Phi) is 5.45. The third-order valence-corrected chi connectivity index (χ3v) is 5.99. The second-order valence-corrected chi connectivity index (χ2v) is 8.25. The van der Waals surface area contributed by atoms with E-state index < -0.39 is 38.7 Å². The number of benzene rings is 1. The minimum Gasteiger partial charge on any atom is -0.394 e. The van der Waals surface area contributed by atoms with Crippen LogP contribution in [0.3, 0.4) is 0 Å². The van der Waals surface area contributed by atoms with Crippen LogP contribution in [0.25, 0.3) is 11.2 Å². The van der Waals surface area contributed by atoms with E-state index in [0.29, 0.717) is 5.56 Å². The number of aliphatic hydroxyl groups is 3. The fourth-order valence-electron chi connectivity index (χ4n) is 3.14. The van der Waals surface area contributed by atoms with Gasteiger partial charge in [0.1, 0.15) is 30.2 Å². The molecule has 0 saturated carbocycles. The van der Waals surface area contributed by atoms with Gasteiger partial charge in [0.2, 0.25) is 0 Å². The van der Waals surface area contributed by atoms with Gasteiger partial charge in [0.15, 0.2) is 17.3 Å². The van der Waals surface area contributed by atoms with Crippen molar-refractivity contribution < 1.29 is 34.0 Å². The van der Waals surface area contributed by atoms with E-state index in [2.05, 4.69) is 15.0 Å². The average Bonchev–Trinajstić information content (AvgIpc) is 3.28. The van der Waals surface area contributed by atoms with Gasteiger partial charge in [0.25, 0.3) is 0 Å². The van der Waals surface area contributed by atoms with Gasteiger partial charge in [-0.3, -0.25) is 13.7 Å².